The van der Waals surface area contributed by atoms with Crippen LogP contribution in [0.2, 0.25) is 0 Å². The fourth-order valence-corrected chi connectivity index (χ4v) is 2.88. The molecule has 0 saturated heterocycles. The van der Waals surface area contributed by atoms with Crippen LogP contribution in [0.5, 0.6) is 0 Å². The van der Waals surface area contributed by atoms with Crippen LogP contribution in [-0.4, -0.2) is 0 Å². The highest BCUT2D eigenvalue weighted by molar-refractivity contribution is 9.10. The van der Waals surface area contributed by atoms with Crippen LogP contribution in [0.4, 0.5) is 4.39 Å². The average Bonchev–Trinajstić information content (AvgIpc) is 2.35. The van der Waals surface area contributed by atoms with Gasteiger partial charge in [0.05, 0.1) is 5.38 Å². The first-order valence-electron chi connectivity index (χ1n) is 5.71. The molecular weight excluding hydrogens is 315 g/mol. The number of hydrogen-bond acceptors (Lipinski definition) is 0. The summed E-state index contributed by atoms with van der Waals surface area (Å²) in [7, 11) is 0. The van der Waals surface area contributed by atoms with Crippen molar-refractivity contribution in [3.05, 3.63) is 69.4 Å². The van der Waals surface area contributed by atoms with Crippen molar-refractivity contribution in [3.63, 3.8) is 0 Å². The van der Waals surface area contributed by atoms with Gasteiger partial charge in [-0.15, -0.1) is 11.6 Å². The predicted molar refractivity (Wildman–Crippen MR) is 77.6 cm³/mol. The van der Waals surface area contributed by atoms with Gasteiger partial charge in [0.25, 0.3) is 0 Å². The van der Waals surface area contributed by atoms with E-state index in [1.54, 1.807) is 12.1 Å². The van der Waals surface area contributed by atoms with E-state index in [-0.39, 0.29) is 11.2 Å². The molecule has 18 heavy (non-hydrogen) atoms. The molecule has 0 aliphatic carbocycles. The van der Waals surface area contributed by atoms with Gasteiger partial charge >= 0.3 is 0 Å². The molecule has 0 nitrogen and oxygen atoms in total. The van der Waals surface area contributed by atoms with Gasteiger partial charge in [0, 0.05) is 4.47 Å². The van der Waals surface area contributed by atoms with Crippen molar-refractivity contribution in [2.75, 3.05) is 0 Å². The van der Waals surface area contributed by atoms with E-state index in [1.165, 1.54) is 12.1 Å². The van der Waals surface area contributed by atoms with Gasteiger partial charge in [0.15, 0.2) is 0 Å². The zero-order chi connectivity index (χ0) is 13.1. The molecule has 0 amide bonds. The summed E-state index contributed by atoms with van der Waals surface area (Å²) in [6.45, 7) is 2.04. The summed E-state index contributed by atoms with van der Waals surface area (Å²) in [5, 5.41) is -0.121. The molecule has 0 aromatic heterocycles. The van der Waals surface area contributed by atoms with Gasteiger partial charge in [-0.1, -0.05) is 46.3 Å². The van der Waals surface area contributed by atoms with Crippen molar-refractivity contribution in [2.45, 2.75) is 18.7 Å². The van der Waals surface area contributed by atoms with Crippen LogP contribution in [0.25, 0.3) is 0 Å². The van der Waals surface area contributed by atoms with E-state index in [2.05, 4.69) is 15.9 Å². The Kier molecular flexibility index (Phi) is 4.41. The van der Waals surface area contributed by atoms with Crippen LogP contribution in [0.3, 0.4) is 0 Å². The molecule has 0 spiro atoms. The maximum absolute atomic E-state index is 12.8. The molecule has 0 heterocycles. The van der Waals surface area contributed by atoms with Crippen molar-refractivity contribution < 1.29 is 4.39 Å². The van der Waals surface area contributed by atoms with E-state index < -0.39 is 0 Å². The highest BCUT2D eigenvalue weighted by atomic mass is 79.9. The fraction of sp³-hybridized carbons (Fsp3) is 0.200. The van der Waals surface area contributed by atoms with Gasteiger partial charge in [-0.05, 0) is 42.2 Å². The first kappa shape index (κ1) is 13.6. The molecule has 2 aromatic rings. The Labute approximate surface area is 120 Å². The maximum Gasteiger partial charge on any atom is 0.123 e. The number of rotatable bonds is 3. The van der Waals surface area contributed by atoms with Crippen LogP contribution in [0.1, 0.15) is 22.1 Å². The maximum atomic E-state index is 12.8. The van der Waals surface area contributed by atoms with Crippen LogP contribution in [0, 0.1) is 12.7 Å². The number of alkyl halides is 1. The molecule has 0 saturated carbocycles. The molecule has 0 N–H and O–H groups in total. The van der Waals surface area contributed by atoms with Gasteiger partial charge < -0.3 is 0 Å². The lowest BCUT2D eigenvalue weighted by atomic mass is 10.0. The second-order valence-corrected chi connectivity index (χ2v) is 5.60. The van der Waals surface area contributed by atoms with Gasteiger partial charge in [0.2, 0.25) is 0 Å². The summed E-state index contributed by atoms with van der Waals surface area (Å²) in [5.74, 6) is -0.221. The summed E-state index contributed by atoms with van der Waals surface area (Å²) in [6, 6.07) is 12.5. The molecular formula is C15H13BrClF. The Hall–Kier alpha value is -0.860. The first-order chi connectivity index (χ1) is 8.58. The molecule has 2 rings (SSSR count). The molecule has 0 aliphatic heterocycles. The normalized spacial score (nSPS) is 12.4. The fourth-order valence-electron chi connectivity index (χ4n) is 1.85. The molecule has 0 radical (unpaired) electrons. The van der Waals surface area contributed by atoms with E-state index in [0.717, 1.165) is 21.2 Å². The minimum Gasteiger partial charge on any atom is -0.207 e. The Morgan fingerprint density at radius 3 is 2.50 bits per heavy atom. The molecule has 0 aliphatic rings. The Morgan fingerprint density at radius 2 is 1.83 bits per heavy atom. The second kappa shape index (κ2) is 5.85. The highest BCUT2D eigenvalue weighted by Crippen LogP contribution is 2.32. The summed E-state index contributed by atoms with van der Waals surface area (Å²) >= 11 is 10.00. The quantitative estimate of drug-likeness (QED) is 0.660. The Balaban J connectivity index is 2.19. The molecule has 1 unspecified atom stereocenters. The van der Waals surface area contributed by atoms with E-state index in [9.17, 15) is 4.39 Å². The number of halogens is 3. The standard InChI is InChI=1S/C15H13BrClF/c1-10-3-2-4-13(15(10)16)14(17)9-11-5-7-12(18)8-6-11/h2-8,14H,9H2,1H3. The second-order valence-electron chi connectivity index (χ2n) is 4.28. The zero-order valence-corrected chi connectivity index (χ0v) is 12.3. The lowest BCUT2D eigenvalue weighted by molar-refractivity contribution is 0.627. The average molecular weight is 328 g/mol. The summed E-state index contributed by atoms with van der Waals surface area (Å²) < 4.78 is 13.9. The third-order valence-corrected chi connectivity index (χ3v) is 4.36. The highest BCUT2D eigenvalue weighted by Gasteiger charge is 2.13. The first-order valence-corrected chi connectivity index (χ1v) is 6.94. The number of benzene rings is 2. The van der Waals surface area contributed by atoms with Crippen molar-refractivity contribution in [1.82, 2.24) is 0 Å². The SMILES string of the molecule is Cc1cccc(C(Cl)Cc2ccc(F)cc2)c1Br. The smallest absolute Gasteiger partial charge is 0.123 e. The monoisotopic (exact) mass is 326 g/mol. The summed E-state index contributed by atoms with van der Waals surface area (Å²) in [6.07, 6.45) is 0.684. The van der Waals surface area contributed by atoms with Crippen molar-refractivity contribution >= 4 is 27.5 Å². The largest absolute Gasteiger partial charge is 0.207 e. The van der Waals surface area contributed by atoms with E-state index in [4.69, 9.17) is 11.6 Å². The van der Waals surface area contributed by atoms with Crippen LogP contribution in [0.15, 0.2) is 46.9 Å². The van der Waals surface area contributed by atoms with Gasteiger partial charge in [0.1, 0.15) is 5.82 Å². The molecule has 2 aromatic carbocycles. The molecule has 3 heteroatoms. The third-order valence-electron chi connectivity index (χ3n) is 2.89. The lowest BCUT2D eigenvalue weighted by Gasteiger charge is -2.13. The van der Waals surface area contributed by atoms with Crippen LogP contribution >= 0.6 is 27.5 Å². The Morgan fingerprint density at radius 1 is 1.17 bits per heavy atom. The summed E-state index contributed by atoms with van der Waals surface area (Å²) in [4.78, 5) is 0. The van der Waals surface area contributed by atoms with Gasteiger partial charge in [-0.25, -0.2) is 4.39 Å². The van der Waals surface area contributed by atoms with Crippen LogP contribution in [-0.2, 0) is 6.42 Å². The Bertz CT molecular complexity index is 537. The van der Waals surface area contributed by atoms with E-state index >= 15 is 0 Å². The molecule has 0 fully saturated rings. The van der Waals surface area contributed by atoms with Crippen molar-refractivity contribution in [2.24, 2.45) is 0 Å². The lowest BCUT2D eigenvalue weighted by Crippen LogP contribution is -1.98. The third kappa shape index (κ3) is 3.12. The summed E-state index contributed by atoms with van der Waals surface area (Å²) in [5.41, 5.74) is 3.27. The van der Waals surface area contributed by atoms with Crippen LogP contribution < -0.4 is 0 Å². The minimum absolute atomic E-state index is 0.121. The topological polar surface area (TPSA) is 0 Å². The van der Waals surface area contributed by atoms with E-state index in [1.807, 2.05) is 25.1 Å². The van der Waals surface area contributed by atoms with E-state index in [0.29, 0.717) is 6.42 Å². The zero-order valence-electron chi connectivity index (χ0n) is 9.96. The van der Waals surface area contributed by atoms with Crippen molar-refractivity contribution in [1.29, 1.82) is 0 Å². The van der Waals surface area contributed by atoms with Crippen molar-refractivity contribution in [3.8, 4) is 0 Å². The minimum atomic E-state index is -0.221. The molecule has 1 atom stereocenters. The predicted octanol–water partition coefficient (Wildman–Crippen LogP) is 5.42. The van der Waals surface area contributed by atoms with Gasteiger partial charge in [-0.2, -0.15) is 0 Å². The molecule has 0 bridgehead atoms. The number of hydrogen-bond donors (Lipinski definition) is 0. The number of aryl methyl sites for hydroxylation is 1. The van der Waals surface area contributed by atoms with Gasteiger partial charge in [-0.3, -0.25) is 0 Å². The molecule has 94 valence electrons.